The molecule has 0 saturated heterocycles. The van der Waals surface area contributed by atoms with E-state index >= 15 is 0 Å². The third-order valence-corrected chi connectivity index (χ3v) is 7.63. The molecule has 4 rings (SSSR count). The zero-order valence-corrected chi connectivity index (χ0v) is 24.2. The summed E-state index contributed by atoms with van der Waals surface area (Å²) in [6, 6.07) is 8.23. The quantitative estimate of drug-likeness (QED) is 0.209. The first-order chi connectivity index (χ1) is 19.5. The topological polar surface area (TPSA) is 139 Å². The van der Waals surface area contributed by atoms with Crippen LogP contribution in [0.15, 0.2) is 50.0 Å². The molecule has 2 aromatic carbocycles. The number of carbonyl (C=O) groups excluding carboxylic acids is 2. The molecule has 0 spiro atoms. The number of aliphatic carboxylic acids is 1. The van der Waals surface area contributed by atoms with E-state index in [0.29, 0.717) is 40.2 Å². The van der Waals surface area contributed by atoms with Crippen LogP contribution in [0.25, 0.3) is 21.9 Å². The minimum Gasteiger partial charge on any atom is -0.480 e. The van der Waals surface area contributed by atoms with Gasteiger partial charge in [-0.1, -0.05) is 37.1 Å². The van der Waals surface area contributed by atoms with Gasteiger partial charge in [-0.15, -0.1) is 0 Å². The van der Waals surface area contributed by atoms with Crippen LogP contribution in [0, 0.1) is 20.8 Å². The van der Waals surface area contributed by atoms with E-state index in [-0.39, 0.29) is 19.3 Å². The summed E-state index contributed by atoms with van der Waals surface area (Å²) in [5, 5.41) is 17.1. The van der Waals surface area contributed by atoms with E-state index in [9.17, 15) is 24.3 Å². The van der Waals surface area contributed by atoms with Crippen molar-refractivity contribution < 1.29 is 28.3 Å². The molecule has 2 heterocycles. The first-order valence-corrected chi connectivity index (χ1v) is 13.9. The average molecular weight is 581 g/mol. The number of hydrogen-bond acceptors (Lipinski definition) is 6. The Kier molecular flexibility index (Phi) is 9.18. The zero-order chi connectivity index (χ0) is 29.8. The molecule has 10 heteroatoms. The second-order valence-corrected chi connectivity index (χ2v) is 10.7. The maximum absolute atomic E-state index is 13.0. The number of nitrogens with one attached hydrogen (secondary N) is 2. The summed E-state index contributed by atoms with van der Waals surface area (Å²) < 4.78 is 11.3. The monoisotopic (exact) mass is 580 g/mol. The van der Waals surface area contributed by atoms with Gasteiger partial charge in [0.1, 0.15) is 29.0 Å². The molecule has 0 aliphatic heterocycles. The van der Waals surface area contributed by atoms with E-state index < -0.39 is 35.5 Å². The molecule has 0 radical (unpaired) electrons. The standard InChI is InChI=1S/C31H33ClN2O7/c1-5-6-24(29(36)34-25(30(37)38)13-19-7-9-20(32)10-8-19)33-28(35)12-11-21-17(3)23-14-22-16(2)18(4)40-26(22)15-27(23)41-31(21)39/h7-10,14-15,24-25H,5-6,11-13H2,1-4H3,(H,33,35)(H,34,36)(H,37,38)/t24-,25-/m0/s1. The zero-order valence-electron chi connectivity index (χ0n) is 23.4. The van der Waals surface area contributed by atoms with E-state index in [1.807, 2.05) is 33.8 Å². The Morgan fingerprint density at radius 1 is 0.927 bits per heavy atom. The van der Waals surface area contributed by atoms with Gasteiger partial charge < -0.3 is 24.6 Å². The molecule has 0 bridgehead atoms. The van der Waals surface area contributed by atoms with Crippen LogP contribution in [-0.4, -0.2) is 35.0 Å². The van der Waals surface area contributed by atoms with E-state index in [2.05, 4.69) is 10.6 Å². The Morgan fingerprint density at radius 3 is 2.24 bits per heavy atom. The van der Waals surface area contributed by atoms with Gasteiger partial charge in [-0.05, 0) is 68.5 Å². The lowest BCUT2D eigenvalue weighted by Gasteiger charge is -2.21. The van der Waals surface area contributed by atoms with Gasteiger partial charge in [0.15, 0.2) is 0 Å². The third kappa shape index (κ3) is 6.79. The number of aryl methyl sites for hydroxylation is 3. The van der Waals surface area contributed by atoms with E-state index in [4.69, 9.17) is 20.4 Å². The minimum absolute atomic E-state index is 0.0518. The van der Waals surface area contributed by atoms with Crippen LogP contribution >= 0.6 is 11.6 Å². The number of amides is 2. The molecule has 2 aromatic heterocycles. The molecule has 0 fully saturated rings. The van der Waals surface area contributed by atoms with Gasteiger partial charge in [-0.25, -0.2) is 9.59 Å². The number of halogens is 1. The highest BCUT2D eigenvalue weighted by atomic mass is 35.5. The number of rotatable bonds is 11. The summed E-state index contributed by atoms with van der Waals surface area (Å²) in [6.45, 7) is 7.52. The van der Waals surface area contributed by atoms with Crippen molar-refractivity contribution in [3.8, 4) is 0 Å². The maximum Gasteiger partial charge on any atom is 0.339 e. The van der Waals surface area contributed by atoms with Crippen LogP contribution in [0.1, 0.15) is 54.2 Å². The molecule has 2 atom stereocenters. The average Bonchev–Trinajstić information content (AvgIpc) is 3.20. The van der Waals surface area contributed by atoms with Gasteiger partial charge in [0.05, 0.1) is 0 Å². The maximum atomic E-state index is 13.0. The summed E-state index contributed by atoms with van der Waals surface area (Å²) in [5.41, 5.74) is 3.33. The van der Waals surface area contributed by atoms with E-state index in [1.54, 1.807) is 30.3 Å². The van der Waals surface area contributed by atoms with E-state index in [1.165, 1.54) is 0 Å². The number of furan rings is 1. The van der Waals surface area contributed by atoms with Gasteiger partial charge in [0, 0.05) is 40.3 Å². The highest BCUT2D eigenvalue weighted by molar-refractivity contribution is 6.30. The summed E-state index contributed by atoms with van der Waals surface area (Å²) in [4.78, 5) is 50.6. The molecular formula is C31H33ClN2O7. The number of carboxylic acid groups (broad SMARTS) is 1. The van der Waals surface area contributed by atoms with Crippen molar-refractivity contribution in [3.63, 3.8) is 0 Å². The van der Waals surface area contributed by atoms with Crippen LogP contribution in [0.2, 0.25) is 5.02 Å². The summed E-state index contributed by atoms with van der Waals surface area (Å²) in [7, 11) is 0. The first-order valence-electron chi connectivity index (χ1n) is 13.5. The Morgan fingerprint density at radius 2 is 1.59 bits per heavy atom. The molecule has 216 valence electrons. The molecule has 3 N–H and O–H groups in total. The van der Waals surface area contributed by atoms with Gasteiger partial charge in [0.2, 0.25) is 11.8 Å². The van der Waals surface area contributed by atoms with Gasteiger partial charge in [0.25, 0.3) is 0 Å². The van der Waals surface area contributed by atoms with Crippen LogP contribution in [0.5, 0.6) is 0 Å². The molecular weight excluding hydrogens is 548 g/mol. The van der Waals surface area contributed by atoms with Crippen molar-refractivity contribution in [3.05, 3.63) is 79.9 Å². The molecule has 4 aromatic rings. The van der Waals surface area contributed by atoms with Crippen molar-refractivity contribution >= 4 is 51.3 Å². The highest BCUT2D eigenvalue weighted by Gasteiger charge is 2.26. The summed E-state index contributed by atoms with van der Waals surface area (Å²) in [6.07, 6.45) is 1.03. The van der Waals surface area contributed by atoms with Crippen molar-refractivity contribution in [2.24, 2.45) is 0 Å². The fourth-order valence-electron chi connectivity index (χ4n) is 4.91. The fourth-order valence-corrected chi connectivity index (χ4v) is 5.03. The third-order valence-electron chi connectivity index (χ3n) is 7.38. The predicted octanol–water partition coefficient (Wildman–Crippen LogP) is 5.15. The summed E-state index contributed by atoms with van der Waals surface area (Å²) >= 11 is 5.90. The molecule has 0 aliphatic carbocycles. The Labute approximate surface area is 241 Å². The first kappa shape index (κ1) is 29.9. The van der Waals surface area contributed by atoms with Crippen molar-refractivity contribution in [1.29, 1.82) is 0 Å². The number of carboxylic acids is 1. The van der Waals surface area contributed by atoms with Crippen molar-refractivity contribution in [1.82, 2.24) is 10.6 Å². The number of fused-ring (bicyclic) bond motifs is 2. The summed E-state index contributed by atoms with van der Waals surface area (Å²) in [5.74, 6) is -1.42. The lowest BCUT2D eigenvalue weighted by molar-refractivity contribution is -0.142. The predicted molar refractivity (Wildman–Crippen MR) is 156 cm³/mol. The Balaban J connectivity index is 1.45. The fraction of sp³-hybridized carbons (Fsp3) is 0.355. The lowest BCUT2D eigenvalue weighted by Crippen LogP contribution is -2.52. The molecule has 2 amide bonds. The molecule has 0 aliphatic rings. The van der Waals surface area contributed by atoms with Crippen LogP contribution in [-0.2, 0) is 27.2 Å². The second kappa shape index (κ2) is 12.6. The SMILES string of the molecule is CCC[C@H](NC(=O)CCc1c(C)c2cc3c(C)c(C)oc3cc2oc1=O)C(=O)N[C@@H](Cc1ccc(Cl)cc1)C(=O)O. The molecule has 0 saturated carbocycles. The van der Waals surface area contributed by atoms with Crippen molar-refractivity contribution in [2.75, 3.05) is 0 Å². The number of carbonyl (C=O) groups is 3. The number of benzene rings is 2. The highest BCUT2D eigenvalue weighted by Crippen LogP contribution is 2.31. The van der Waals surface area contributed by atoms with Gasteiger partial charge in [-0.2, -0.15) is 0 Å². The normalized spacial score (nSPS) is 12.8. The lowest BCUT2D eigenvalue weighted by atomic mass is 10.00. The molecule has 9 nitrogen and oxygen atoms in total. The minimum atomic E-state index is -1.19. The van der Waals surface area contributed by atoms with Crippen molar-refractivity contribution in [2.45, 2.75) is 71.9 Å². The number of hydrogen-bond donors (Lipinski definition) is 3. The van der Waals surface area contributed by atoms with Crippen LogP contribution in [0.3, 0.4) is 0 Å². The van der Waals surface area contributed by atoms with Gasteiger partial charge in [-0.3, -0.25) is 9.59 Å². The van der Waals surface area contributed by atoms with Gasteiger partial charge >= 0.3 is 11.6 Å². The Hall–Kier alpha value is -4.11. The van der Waals surface area contributed by atoms with Crippen LogP contribution in [0.4, 0.5) is 0 Å². The van der Waals surface area contributed by atoms with E-state index in [0.717, 1.165) is 27.7 Å². The molecule has 0 unspecified atom stereocenters. The van der Waals surface area contributed by atoms with Crippen LogP contribution < -0.4 is 16.3 Å². The Bertz CT molecular complexity index is 1670. The molecule has 41 heavy (non-hydrogen) atoms. The smallest absolute Gasteiger partial charge is 0.339 e. The second-order valence-electron chi connectivity index (χ2n) is 10.3. The largest absolute Gasteiger partial charge is 0.480 e.